The van der Waals surface area contributed by atoms with Crippen LogP contribution in [0, 0.1) is 0 Å². The number of nitrogens with one attached hydrogen (secondary N) is 1. The van der Waals surface area contributed by atoms with Crippen molar-refractivity contribution in [1.29, 1.82) is 0 Å². The number of benzene rings is 1. The second-order valence-electron chi connectivity index (χ2n) is 4.62. The van der Waals surface area contributed by atoms with Gasteiger partial charge in [-0.1, -0.05) is 6.08 Å². The molecule has 0 bridgehead atoms. The summed E-state index contributed by atoms with van der Waals surface area (Å²) in [7, 11) is 3.04. The van der Waals surface area contributed by atoms with E-state index in [4.69, 9.17) is 14.6 Å². The van der Waals surface area contributed by atoms with Gasteiger partial charge in [-0.25, -0.2) is 0 Å². The van der Waals surface area contributed by atoms with Gasteiger partial charge in [-0.15, -0.1) is 6.58 Å². The third-order valence-electron chi connectivity index (χ3n) is 3.04. The fraction of sp³-hybridized carbons (Fsp3) is 0.375. The second kappa shape index (κ2) is 8.71. The molecule has 0 saturated heterocycles. The van der Waals surface area contributed by atoms with E-state index in [0.29, 0.717) is 36.4 Å². The van der Waals surface area contributed by atoms with Gasteiger partial charge in [-0.2, -0.15) is 0 Å². The van der Waals surface area contributed by atoms with E-state index in [1.54, 1.807) is 18.2 Å². The summed E-state index contributed by atoms with van der Waals surface area (Å²) >= 11 is 0. The van der Waals surface area contributed by atoms with Gasteiger partial charge in [0.05, 0.1) is 14.2 Å². The zero-order valence-corrected chi connectivity index (χ0v) is 12.8. The van der Waals surface area contributed by atoms with Crippen molar-refractivity contribution in [3.63, 3.8) is 0 Å². The molecule has 0 spiro atoms. The lowest BCUT2D eigenvalue weighted by Gasteiger charge is -2.14. The average molecular weight is 307 g/mol. The van der Waals surface area contributed by atoms with Crippen LogP contribution >= 0.6 is 0 Å². The van der Waals surface area contributed by atoms with Crippen molar-refractivity contribution in [2.75, 3.05) is 20.8 Å². The minimum Gasteiger partial charge on any atom is -0.493 e. The van der Waals surface area contributed by atoms with E-state index in [0.717, 1.165) is 5.56 Å². The summed E-state index contributed by atoms with van der Waals surface area (Å²) in [5.74, 6) is -0.118. The number of rotatable bonds is 9. The minimum absolute atomic E-state index is 0.0218. The highest BCUT2D eigenvalue weighted by Crippen LogP contribution is 2.33. The molecule has 1 rings (SSSR count). The summed E-state index contributed by atoms with van der Waals surface area (Å²) in [6, 6.07) is 3.31. The van der Waals surface area contributed by atoms with Crippen molar-refractivity contribution in [3.05, 3.63) is 35.9 Å². The third kappa shape index (κ3) is 4.80. The van der Waals surface area contributed by atoms with Crippen LogP contribution in [0.2, 0.25) is 0 Å². The molecule has 6 nitrogen and oxygen atoms in total. The molecule has 0 aromatic heterocycles. The highest BCUT2D eigenvalue weighted by molar-refractivity contribution is 5.95. The molecule has 1 aromatic carbocycles. The molecule has 0 heterocycles. The lowest BCUT2D eigenvalue weighted by Crippen LogP contribution is -2.25. The third-order valence-corrected chi connectivity index (χ3v) is 3.04. The van der Waals surface area contributed by atoms with Crippen molar-refractivity contribution in [1.82, 2.24) is 5.32 Å². The number of ether oxygens (including phenoxy) is 2. The van der Waals surface area contributed by atoms with Crippen molar-refractivity contribution in [3.8, 4) is 11.5 Å². The van der Waals surface area contributed by atoms with Crippen LogP contribution in [0.4, 0.5) is 0 Å². The van der Waals surface area contributed by atoms with Crippen LogP contribution in [-0.4, -0.2) is 37.7 Å². The van der Waals surface area contributed by atoms with Gasteiger partial charge in [-0.3, -0.25) is 9.59 Å². The first-order valence-corrected chi connectivity index (χ1v) is 6.89. The highest BCUT2D eigenvalue weighted by atomic mass is 16.5. The van der Waals surface area contributed by atoms with E-state index in [-0.39, 0.29) is 12.3 Å². The summed E-state index contributed by atoms with van der Waals surface area (Å²) in [6.45, 7) is 3.99. The number of aliphatic carboxylic acids is 1. The molecule has 1 aromatic rings. The SMILES string of the molecule is C=CCc1cc(C(=O)NCCCC(=O)O)cc(OC)c1OC. The first kappa shape index (κ1) is 17.6. The van der Waals surface area contributed by atoms with E-state index in [9.17, 15) is 9.59 Å². The maximum absolute atomic E-state index is 12.1. The number of carbonyl (C=O) groups is 2. The van der Waals surface area contributed by atoms with Gasteiger partial charge in [0, 0.05) is 24.1 Å². The van der Waals surface area contributed by atoms with Gasteiger partial charge in [0.2, 0.25) is 0 Å². The molecule has 0 aliphatic carbocycles. The zero-order valence-electron chi connectivity index (χ0n) is 12.8. The Morgan fingerprint density at radius 2 is 2.05 bits per heavy atom. The number of hydrogen-bond donors (Lipinski definition) is 2. The minimum atomic E-state index is -0.881. The molecule has 22 heavy (non-hydrogen) atoms. The number of allylic oxidation sites excluding steroid dienone is 1. The molecule has 0 aliphatic heterocycles. The summed E-state index contributed by atoms with van der Waals surface area (Å²) < 4.78 is 10.6. The smallest absolute Gasteiger partial charge is 0.303 e. The summed E-state index contributed by atoms with van der Waals surface area (Å²) in [5, 5.41) is 11.3. The number of carbonyl (C=O) groups excluding carboxylic acids is 1. The topological polar surface area (TPSA) is 84.9 Å². The van der Waals surface area contributed by atoms with E-state index in [2.05, 4.69) is 11.9 Å². The van der Waals surface area contributed by atoms with Crippen LogP contribution in [0.5, 0.6) is 11.5 Å². The lowest BCUT2D eigenvalue weighted by molar-refractivity contribution is -0.137. The number of carboxylic acids is 1. The molecular weight excluding hydrogens is 286 g/mol. The van der Waals surface area contributed by atoms with E-state index >= 15 is 0 Å². The summed E-state index contributed by atoms with van der Waals surface area (Å²) in [4.78, 5) is 22.6. The van der Waals surface area contributed by atoms with Crippen LogP contribution in [0.15, 0.2) is 24.8 Å². The molecule has 2 N–H and O–H groups in total. The predicted octanol–water partition coefficient (Wildman–Crippen LogP) is 2.03. The maximum atomic E-state index is 12.1. The van der Waals surface area contributed by atoms with Gasteiger partial charge in [-0.05, 0) is 25.0 Å². The Morgan fingerprint density at radius 1 is 1.32 bits per heavy atom. The Morgan fingerprint density at radius 3 is 2.59 bits per heavy atom. The van der Waals surface area contributed by atoms with Crippen molar-refractivity contribution in [2.45, 2.75) is 19.3 Å². The van der Waals surface area contributed by atoms with E-state index in [1.165, 1.54) is 14.2 Å². The number of carboxylic acid groups (broad SMARTS) is 1. The van der Waals surface area contributed by atoms with Crippen LogP contribution in [0.25, 0.3) is 0 Å². The van der Waals surface area contributed by atoms with E-state index in [1.807, 2.05) is 0 Å². The predicted molar refractivity (Wildman–Crippen MR) is 82.7 cm³/mol. The molecule has 0 aliphatic rings. The molecule has 0 radical (unpaired) electrons. The fourth-order valence-corrected chi connectivity index (χ4v) is 2.03. The first-order chi connectivity index (χ1) is 10.5. The largest absolute Gasteiger partial charge is 0.493 e. The number of hydrogen-bond acceptors (Lipinski definition) is 4. The van der Waals surface area contributed by atoms with Gasteiger partial charge in [0.15, 0.2) is 11.5 Å². The maximum Gasteiger partial charge on any atom is 0.303 e. The highest BCUT2D eigenvalue weighted by Gasteiger charge is 2.15. The van der Waals surface area contributed by atoms with Crippen molar-refractivity contribution >= 4 is 11.9 Å². The Kier molecular flexibility index (Phi) is 6.95. The Hall–Kier alpha value is -2.50. The van der Waals surface area contributed by atoms with Crippen LogP contribution < -0.4 is 14.8 Å². The zero-order chi connectivity index (χ0) is 16.5. The molecular formula is C16H21NO5. The van der Waals surface area contributed by atoms with Crippen molar-refractivity contribution < 1.29 is 24.2 Å². The van der Waals surface area contributed by atoms with Crippen LogP contribution in [0.3, 0.4) is 0 Å². The number of amides is 1. The molecule has 0 unspecified atom stereocenters. The second-order valence-corrected chi connectivity index (χ2v) is 4.62. The Labute approximate surface area is 129 Å². The standard InChI is InChI=1S/C16H21NO5/c1-4-6-11-9-12(10-13(21-2)15(11)22-3)16(20)17-8-5-7-14(18)19/h4,9-10H,1,5-8H2,2-3H3,(H,17,20)(H,18,19). The Bertz CT molecular complexity index is 554. The molecule has 120 valence electrons. The first-order valence-electron chi connectivity index (χ1n) is 6.89. The van der Waals surface area contributed by atoms with Gasteiger partial charge in [0.25, 0.3) is 5.91 Å². The van der Waals surface area contributed by atoms with Gasteiger partial charge < -0.3 is 19.9 Å². The molecule has 0 atom stereocenters. The monoisotopic (exact) mass is 307 g/mol. The lowest BCUT2D eigenvalue weighted by atomic mass is 10.0. The molecule has 1 amide bonds. The molecule has 6 heteroatoms. The number of methoxy groups -OCH3 is 2. The fourth-order valence-electron chi connectivity index (χ4n) is 2.03. The molecule has 0 fully saturated rings. The Balaban J connectivity index is 2.89. The quantitative estimate of drug-likeness (QED) is 0.538. The van der Waals surface area contributed by atoms with Crippen LogP contribution in [-0.2, 0) is 11.2 Å². The van der Waals surface area contributed by atoms with Gasteiger partial charge in [0.1, 0.15) is 0 Å². The van der Waals surface area contributed by atoms with E-state index < -0.39 is 5.97 Å². The van der Waals surface area contributed by atoms with Crippen molar-refractivity contribution in [2.24, 2.45) is 0 Å². The average Bonchev–Trinajstić information content (AvgIpc) is 2.50. The van der Waals surface area contributed by atoms with Crippen LogP contribution in [0.1, 0.15) is 28.8 Å². The van der Waals surface area contributed by atoms with Gasteiger partial charge >= 0.3 is 5.97 Å². The summed E-state index contributed by atoms with van der Waals surface area (Å²) in [5.41, 5.74) is 1.23. The molecule has 0 saturated carbocycles. The summed E-state index contributed by atoms with van der Waals surface area (Å²) in [6.07, 6.45) is 2.66. The normalized spacial score (nSPS) is 9.91.